The number of epoxide rings is 1. The molecule has 7 heteroatoms. The van der Waals surface area contributed by atoms with Crippen molar-refractivity contribution in [1.82, 2.24) is 4.98 Å². The van der Waals surface area contributed by atoms with Crippen molar-refractivity contribution in [3.05, 3.63) is 35.2 Å². The molecule has 7 nitrogen and oxygen atoms in total. The molecule has 7 atom stereocenters. The maximum atomic E-state index is 13.2. The van der Waals surface area contributed by atoms with E-state index in [9.17, 15) is 19.8 Å². The molecule has 0 radical (unpaired) electrons. The molecule has 194 valence electrons. The van der Waals surface area contributed by atoms with Crippen LogP contribution in [0.3, 0.4) is 0 Å². The first-order chi connectivity index (χ1) is 16.4. The van der Waals surface area contributed by atoms with Crippen LogP contribution in [0.4, 0.5) is 0 Å². The third-order valence-corrected chi connectivity index (χ3v) is 7.71. The van der Waals surface area contributed by atoms with Gasteiger partial charge in [0.1, 0.15) is 11.9 Å². The largest absolute Gasteiger partial charge is 0.458 e. The fraction of sp³-hybridized carbons (Fsp3) is 0.679. The van der Waals surface area contributed by atoms with E-state index >= 15 is 0 Å². The van der Waals surface area contributed by atoms with Gasteiger partial charge in [0.15, 0.2) is 0 Å². The minimum atomic E-state index is -1.23. The lowest BCUT2D eigenvalue weighted by Gasteiger charge is -2.34. The Hall–Kier alpha value is -2.09. The summed E-state index contributed by atoms with van der Waals surface area (Å²) >= 11 is 0. The lowest BCUT2D eigenvalue weighted by Crippen LogP contribution is -2.45. The highest BCUT2D eigenvalue weighted by Crippen LogP contribution is 2.36. The predicted octanol–water partition coefficient (Wildman–Crippen LogP) is 4.03. The van der Waals surface area contributed by atoms with Gasteiger partial charge >= 0.3 is 5.97 Å². The summed E-state index contributed by atoms with van der Waals surface area (Å²) < 4.78 is 11.7. The second-order valence-electron chi connectivity index (χ2n) is 11.1. The Labute approximate surface area is 208 Å². The van der Waals surface area contributed by atoms with Gasteiger partial charge in [0.2, 0.25) is 0 Å². The molecule has 2 aliphatic rings. The van der Waals surface area contributed by atoms with E-state index in [1.165, 1.54) is 0 Å². The number of Topliss-reactive ketones (excluding diaryl/α,β-unsaturated/α-hetero) is 1. The first-order valence-corrected chi connectivity index (χ1v) is 12.8. The number of aliphatic hydroxyl groups is 2. The summed E-state index contributed by atoms with van der Waals surface area (Å²) in [6.45, 7) is 10.8. The monoisotopic (exact) mass is 487 g/mol. The van der Waals surface area contributed by atoms with Crippen LogP contribution >= 0.6 is 0 Å². The number of fused-ring (bicyclic) bond motifs is 1. The van der Waals surface area contributed by atoms with Crippen molar-refractivity contribution in [1.29, 1.82) is 0 Å². The highest BCUT2D eigenvalue weighted by molar-refractivity contribution is 5.88. The topological polar surface area (TPSA) is 109 Å². The summed E-state index contributed by atoms with van der Waals surface area (Å²) in [5.74, 6) is -1.54. The number of rotatable bonds is 2. The molecule has 1 aromatic rings. The molecule has 2 N–H and O–H groups in total. The summed E-state index contributed by atoms with van der Waals surface area (Å²) in [7, 11) is 0. The van der Waals surface area contributed by atoms with Crippen molar-refractivity contribution in [2.75, 3.05) is 0 Å². The molecule has 0 amide bonds. The number of cyclic esters (lactones) is 1. The maximum Gasteiger partial charge on any atom is 0.309 e. The Morgan fingerprint density at radius 3 is 2.51 bits per heavy atom. The summed E-state index contributed by atoms with van der Waals surface area (Å²) in [4.78, 5) is 30.5. The first-order valence-electron chi connectivity index (χ1n) is 12.8. The zero-order chi connectivity index (χ0) is 25.9. The molecule has 3 rings (SSSR count). The molecule has 2 aliphatic heterocycles. The van der Waals surface area contributed by atoms with E-state index in [0.29, 0.717) is 6.42 Å². The van der Waals surface area contributed by atoms with E-state index in [1.807, 2.05) is 39.0 Å². The molecule has 2 fully saturated rings. The number of aliphatic hydroxyl groups excluding tert-OH is 2. The molecular formula is C28H41NO6. The number of aromatic nitrogens is 1. The number of esters is 1. The smallest absolute Gasteiger partial charge is 0.309 e. The quantitative estimate of drug-likeness (QED) is 0.479. The van der Waals surface area contributed by atoms with Crippen molar-refractivity contribution >= 4 is 17.8 Å². The van der Waals surface area contributed by atoms with Crippen molar-refractivity contribution < 1.29 is 29.3 Å². The zero-order valence-electron chi connectivity index (χ0n) is 21.9. The summed E-state index contributed by atoms with van der Waals surface area (Å²) in [6, 6.07) is 3.90. The number of nitrogens with zero attached hydrogens (tertiary/aromatic N) is 1. The Balaban J connectivity index is 1.82. The molecule has 0 aromatic carbocycles. The molecule has 2 saturated heterocycles. The van der Waals surface area contributed by atoms with Crippen LogP contribution < -0.4 is 0 Å². The number of aryl methyl sites for hydroxylation is 1. The van der Waals surface area contributed by atoms with Crippen LogP contribution in [-0.2, 0) is 19.1 Å². The molecule has 0 spiro atoms. The third-order valence-electron chi connectivity index (χ3n) is 7.71. The Kier molecular flexibility index (Phi) is 8.89. The fourth-order valence-corrected chi connectivity index (χ4v) is 4.90. The second kappa shape index (κ2) is 11.3. The van der Waals surface area contributed by atoms with Crippen molar-refractivity contribution in [2.45, 2.75) is 104 Å². The van der Waals surface area contributed by atoms with Crippen molar-refractivity contribution in [3.8, 4) is 0 Å². The normalized spacial score (nSPS) is 35.2. The summed E-state index contributed by atoms with van der Waals surface area (Å²) in [6.07, 6.45) is 3.97. The molecule has 1 unspecified atom stereocenters. The second-order valence-corrected chi connectivity index (χ2v) is 11.1. The van der Waals surface area contributed by atoms with Crippen LogP contribution in [0.25, 0.3) is 6.08 Å². The number of hydrogen-bond acceptors (Lipinski definition) is 7. The summed E-state index contributed by atoms with van der Waals surface area (Å²) in [5, 5.41) is 21.6. The van der Waals surface area contributed by atoms with E-state index in [1.54, 1.807) is 27.0 Å². The fourth-order valence-electron chi connectivity index (χ4n) is 4.90. The number of carbonyl (C=O) groups is 2. The lowest BCUT2D eigenvalue weighted by atomic mass is 9.73. The number of ketones is 1. The molecule has 0 saturated carbocycles. The Morgan fingerprint density at radius 2 is 1.86 bits per heavy atom. The van der Waals surface area contributed by atoms with Crippen LogP contribution in [0.5, 0.6) is 0 Å². The van der Waals surface area contributed by atoms with Crippen LogP contribution in [-0.4, -0.2) is 57.5 Å². The third kappa shape index (κ3) is 6.99. The lowest BCUT2D eigenvalue weighted by molar-refractivity contribution is -0.154. The average Bonchev–Trinajstić information content (AvgIpc) is 3.55. The van der Waals surface area contributed by atoms with Crippen LogP contribution in [0.1, 0.15) is 78.0 Å². The van der Waals surface area contributed by atoms with Crippen LogP contribution in [0, 0.1) is 24.2 Å². The van der Waals surface area contributed by atoms with E-state index in [-0.39, 0.29) is 30.3 Å². The predicted molar refractivity (Wildman–Crippen MR) is 133 cm³/mol. The molecular weight excluding hydrogens is 446 g/mol. The molecule has 3 heterocycles. The summed E-state index contributed by atoms with van der Waals surface area (Å²) in [5.41, 5.74) is 1.48. The Morgan fingerprint density at radius 1 is 1.14 bits per heavy atom. The van der Waals surface area contributed by atoms with E-state index < -0.39 is 35.6 Å². The molecule has 0 aliphatic carbocycles. The first kappa shape index (κ1) is 27.5. The van der Waals surface area contributed by atoms with Gasteiger partial charge in [-0.15, -0.1) is 0 Å². The van der Waals surface area contributed by atoms with Gasteiger partial charge in [0.05, 0.1) is 41.9 Å². The van der Waals surface area contributed by atoms with Gasteiger partial charge in [0, 0.05) is 18.5 Å². The number of ether oxygens (including phenoxy) is 2. The maximum absolute atomic E-state index is 13.2. The van der Waals surface area contributed by atoms with Gasteiger partial charge in [-0.25, -0.2) is 0 Å². The van der Waals surface area contributed by atoms with Gasteiger partial charge in [-0.2, -0.15) is 0 Å². The van der Waals surface area contributed by atoms with Crippen LogP contribution in [0.2, 0.25) is 0 Å². The van der Waals surface area contributed by atoms with Gasteiger partial charge in [0.25, 0.3) is 0 Å². The standard InChI is InChI=1S/C28H41NO6/c1-16-10-11-20(29-15-16)12-18(3)22-13-23-21(34-23)9-7-8-17(2)26(32)19(4)27(33)28(5,6)24(30)14-25(31)35-22/h10-12,15,17,19,21-24,26,30,32H,7-9,13-14H2,1-6H3/b18-12+/t17-,19+,21+,22-,23-,24-,26?/m0/s1. The van der Waals surface area contributed by atoms with E-state index in [4.69, 9.17) is 9.47 Å². The highest BCUT2D eigenvalue weighted by Gasteiger charge is 2.44. The minimum Gasteiger partial charge on any atom is -0.458 e. The minimum absolute atomic E-state index is 0.00266. The van der Waals surface area contributed by atoms with E-state index in [2.05, 4.69) is 4.98 Å². The molecule has 0 bridgehead atoms. The van der Waals surface area contributed by atoms with Crippen molar-refractivity contribution in [3.63, 3.8) is 0 Å². The number of hydrogen-bond donors (Lipinski definition) is 2. The molecule has 1 aromatic heterocycles. The van der Waals surface area contributed by atoms with Gasteiger partial charge in [-0.1, -0.05) is 40.2 Å². The van der Waals surface area contributed by atoms with E-state index in [0.717, 1.165) is 36.1 Å². The van der Waals surface area contributed by atoms with Crippen LogP contribution in [0.15, 0.2) is 23.9 Å². The van der Waals surface area contributed by atoms with Gasteiger partial charge in [-0.05, 0) is 55.9 Å². The van der Waals surface area contributed by atoms with Gasteiger partial charge < -0.3 is 19.7 Å². The van der Waals surface area contributed by atoms with Crippen molar-refractivity contribution in [2.24, 2.45) is 17.3 Å². The zero-order valence-corrected chi connectivity index (χ0v) is 21.9. The highest BCUT2D eigenvalue weighted by atomic mass is 16.6. The number of pyridine rings is 1. The SMILES string of the molecule is C/C(=C\c1ccc(C)cn1)[C@@H]1C[C@@H]2O[C@@H]2CCC[C@H](C)C(O)[C@@H](C)C(=O)C(C)(C)[C@@H](O)CC(=O)O1. The number of carbonyl (C=O) groups excluding carboxylic acids is 2. The van der Waals surface area contributed by atoms with Gasteiger partial charge in [-0.3, -0.25) is 14.6 Å². The average molecular weight is 488 g/mol. The molecule has 35 heavy (non-hydrogen) atoms. The Bertz CT molecular complexity index is 924.